The van der Waals surface area contributed by atoms with Gasteiger partial charge in [-0.2, -0.15) is 0 Å². The zero-order valence-corrected chi connectivity index (χ0v) is 8.20. The molecule has 0 radical (unpaired) electrons. The van der Waals surface area contributed by atoms with Crippen molar-refractivity contribution in [3.63, 3.8) is 0 Å². The lowest BCUT2D eigenvalue weighted by atomic mass is 10.3. The summed E-state index contributed by atoms with van der Waals surface area (Å²) >= 11 is 0. The Hall–Kier alpha value is -2.08. The fraction of sp³-hybridized carbons (Fsp3) is 0.200. The molecule has 0 spiro atoms. The quantitative estimate of drug-likeness (QED) is 0.689. The molecular formula is C10H10O6. The lowest BCUT2D eigenvalue weighted by Crippen LogP contribution is -2.32. The molecule has 0 saturated carbocycles. The molecule has 6 heteroatoms. The third kappa shape index (κ3) is 3.97. The summed E-state index contributed by atoms with van der Waals surface area (Å²) in [5, 5.41) is 17.0. The lowest BCUT2D eigenvalue weighted by molar-refractivity contribution is -0.175. The molecule has 0 aliphatic heterocycles. The van der Waals surface area contributed by atoms with Gasteiger partial charge >= 0.3 is 11.9 Å². The molecule has 86 valence electrons. The van der Waals surface area contributed by atoms with Gasteiger partial charge in [-0.25, -0.2) is 9.59 Å². The van der Waals surface area contributed by atoms with Gasteiger partial charge in [-0.3, -0.25) is 0 Å². The zero-order chi connectivity index (χ0) is 12.0. The first-order valence-electron chi connectivity index (χ1n) is 4.37. The molecule has 1 aromatic rings. The SMILES string of the molecule is O=C(O)COC(Oc1ccccc1)C(=O)O. The number of carboxylic acid groups (broad SMARTS) is 2. The van der Waals surface area contributed by atoms with E-state index in [1.54, 1.807) is 30.3 Å². The second-order valence-electron chi connectivity index (χ2n) is 2.81. The maximum absolute atomic E-state index is 10.7. The largest absolute Gasteiger partial charge is 0.480 e. The van der Waals surface area contributed by atoms with Crippen LogP contribution >= 0.6 is 0 Å². The maximum atomic E-state index is 10.7. The standard InChI is InChI=1S/C10H10O6/c11-8(12)6-15-10(9(13)14)16-7-4-2-1-3-5-7/h1-5,10H,6H2,(H,11,12)(H,13,14). The van der Waals surface area contributed by atoms with Crippen LogP contribution in [0, 0.1) is 0 Å². The van der Waals surface area contributed by atoms with Crippen molar-refractivity contribution in [3.05, 3.63) is 30.3 Å². The molecule has 0 amide bonds. The van der Waals surface area contributed by atoms with Gasteiger partial charge in [0.25, 0.3) is 6.29 Å². The van der Waals surface area contributed by atoms with Crippen LogP contribution < -0.4 is 4.74 Å². The maximum Gasteiger partial charge on any atom is 0.373 e. The molecule has 1 aromatic carbocycles. The summed E-state index contributed by atoms with van der Waals surface area (Å²) in [5.41, 5.74) is 0. The van der Waals surface area contributed by atoms with Crippen LogP contribution in [0.15, 0.2) is 30.3 Å². The number of hydrogen-bond donors (Lipinski definition) is 2. The highest BCUT2D eigenvalue weighted by molar-refractivity contribution is 5.72. The van der Waals surface area contributed by atoms with Crippen LogP contribution in [0.3, 0.4) is 0 Å². The number of carbonyl (C=O) groups is 2. The minimum Gasteiger partial charge on any atom is -0.480 e. The average molecular weight is 226 g/mol. The predicted octanol–water partition coefficient (Wildman–Crippen LogP) is 0.577. The van der Waals surface area contributed by atoms with Crippen LogP contribution in [0.4, 0.5) is 0 Å². The van der Waals surface area contributed by atoms with E-state index >= 15 is 0 Å². The van der Waals surface area contributed by atoms with E-state index in [1.165, 1.54) is 0 Å². The number of hydrogen-bond acceptors (Lipinski definition) is 4. The normalized spacial score (nSPS) is 11.8. The van der Waals surface area contributed by atoms with Crippen molar-refractivity contribution in [1.82, 2.24) is 0 Å². The number of aliphatic carboxylic acids is 2. The summed E-state index contributed by atoms with van der Waals surface area (Å²) in [6, 6.07) is 8.14. The molecule has 16 heavy (non-hydrogen) atoms. The van der Waals surface area contributed by atoms with Crippen LogP contribution in [0.1, 0.15) is 0 Å². The number of carboxylic acids is 2. The number of benzene rings is 1. The molecule has 0 saturated heterocycles. The molecule has 1 rings (SSSR count). The van der Waals surface area contributed by atoms with Crippen LogP contribution in [-0.4, -0.2) is 35.0 Å². The summed E-state index contributed by atoms with van der Waals surface area (Å²) < 4.78 is 9.49. The van der Waals surface area contributed by atoms with Crippen molar-refractivity contribution < 1.29 is 29.3 Å². The fourth-order valence-corrected chi connectivity index (χ4v) is 0.925. The second kappa shape index (κ2) is 5.72. The highest BCUT2D eigenvalue weighted by atomic mass is 16.7. The summed E-state index contributed by atoms with van der Waals surface area (Å²) in [5.74, 6) is -2.35. The minimum absolute atomic E-state index is 0.292. The number of para-hydroxylation sites is 1. The van der Waals surface area contributed by atoms with Crippen molar-refractivity contribution in [2.45, 2.75) is 6.29 Å². The van der Waals surface area contributed by atoms with Crippen LogP contribution in [-0.2, 0) is 14.3 Å². The van der Waals surface area contributed by atoms with E-state index in [0.29, 0.717) is 5.75 Å². The molecule has 2 N–H and O–H groups in total. The van der Waals surface area contributed by atoms with Crippen LogP contribution in [0.25, 0.3) is 0 Å². The van der Waals surface area contributed by atoms with E-state index in [4.69, 9.17) is 14.9 Å². The Morgan fingerprint density at radius 1 is 1.19 bits per heavy atom. The summed E-state index contributed by atoms with van der Waals surface area (Å²) in [6.45, 7) is -0.732. The molecule has 0 bridgehead atoms. The van der Waals surface area contributed by atoms with E-state index in [-0.39, 0.29) is 0 Å². The topological polar surface area (TPSA) is 93.1 Å². The summed E-state index contributed by atoms with van der Waals surface area (Å²) in [6.07, 6.45) is -1.63. The second-order valence-corrected chi connectivity index (χ2v) is 2.81. The Morgan fingerprint density at radius 3 is 2.31 bits per heavy atom. The van der Waals surface area contributed by atoms with Gasteiger partial charge in [0.05, 0.1) is 0 Å². The Kier molecular flexibility index (Phi) is 4.28. The lowest BCUT2D eigenvalue weighted by Gasteiger charge is -2.14. The first-order chi connectivity index (χ1) is 7.59. The van der Waals surface area contributed by atoms with Gasteiger partial charge in [0.2, 0.25) is 0 Å². The molecule has 0 aliphatic carbocycles. The van der Waals surface area contributed by atoms with Gasteiger partial charge in [-0.15, -0.1) is 0 Å². The Bertz CT molecular complexity index is 361. The Morgan fingerprint density at radius 2 is 1.81 bits per heavy atom. The highest BCUT2D eigenvalue weighted by Crippen LogP contribution is 2.11. The summed E-state index contributed by atoms with van der Waals surface area (Å²) in [4.78, 5) is 20.9. The molecule has 0 aliphatic rings. The van der Waals surface area contributed by atoms with Crippen molar-refractivity contribution in [1.29, 1.82) is 0 Å². The third-order valence-electron chi connectivity index (χ3n) is 1.55. The molecule has 0 aromatic heterocycles. The molecule has 0 fully saturated rings. The van der Waals surface area contributed by atoms with Gasteiger partial charge < -0.3 is 19.7 Å². The van der Waals surface area contributed by atoms with Gasteiger partial charge in [0.1, 0.15) is 12.4 Å². The zero-order valence-electron chi connectivity index (χ0n) is 8.20. The summed E-state index contributed by atoms with van der Waals surface area (Å²) in [7, 11) is 0. The monoisotopic (exact) mass is 226 g/mol. The first-order valence-corrected chi connectivity index (χ1v) is 4.37. The molecule has 6 nitrogen and oxygen atoms in total. The van der Waals surface area contributed by atoms with Crippen LogP contribution in [0.5, 0.6) is 5.75 Å². The van der Waals surface area contributed by atoms with E-state index < -0.39 is 24.8 Å². The average Bonchev–Trinajstić information content (AvgIpc) is 2.25. The molecule has 0 heterocycles. The van der Waals surface area contributed by atoms with Crippen molar-refractivity contribution in [3.8, 4) is 5.75 Å². The van der Waals surface area contributed by atoms with E-state index in [1.807, 2.05) is 0 Å². The minimum atomic E-state index is -1.63. The van der Waals surface area contributed by atoms with Gasteiger partial charge in [0.15, 0.2) is 0 Å². The van der Waals surface area contributed by atoms with Crippen LogP contribution in [0.2, 0.25) is 0 Å². The van der Waals surface area contributed by atoms with E-state index in [0.717, 1.165) is 0 Å². The third-order valence-corrected chi connectivity index (χ3v) is 1.55. The molecule has 1 unspecified atom stereocenters. The number of ether oxygens (including phenoxy) is 2. The van der Waals surface area contributed by atoms with Gasteiger partial charge in [0, 0.05) is 0 Å². The van der Waals surface area contributed by atoms with Crippen molar-refractivity contribution in [2.75, 3.05) is 6.61 Å². The predicted molar refractivity (Wildman–Crippen MR) is 52.1 cm³/mol. The smallest absolute Gasteiger partial charge is 0.373 e. The highest BCUT2D eigenvalue weighted by Gasteiger charge is 2.21. The number of rotatable bonds is 6. The first kappa shape index (κ1) is 12.0. The van der Waals surface area contributed by atoms with Crippen molar-refractivity contribution in [2.24, 2.45) is 0 Å². The Balaban J connectivity index is 2.58. The van der Waals surface area contributed by atoms with Gasteiger partial charge in [-0.05, 0) is 12.1 Å². The van der Waals surface area contributed by atoms with Gasteiger partial charge in [-0.1, -0.05) is 18.2 Å². The van der Waals surface area contributed by atoms with E-state index in [9.17, 15) is 9.59 Å². The molecule has 1 atom stereocenters. The Labute approximate surface area is 91.0 Å². The molecular weight excluding hydrogens is 216 g/mol. The fourth-order valence-electron chi connectivity index (χ4n) is 0.925. The van der Waals surface area contributed by atoms with E-state index in [2.05, 4.69) is 4.74 Å². The van der Waals surface area contributed by atoms with Crippen molar-refractivity contribution >= 4 is 11.9 Å².